The Morgan fingerprint density at radius 3 is 2.57 bits per heavy atom. The minimum absolute atomic E-state index is 0.672. The number of ether oxygens (including phenoxy) is 1. The maximum absolute atomic E-state index is 6.07. The first kappa shape index (κ1) is 9.35. The SMILES string of the molecule is CCOc1cccc2c(Cl)cccc12. The highest BCUT2D eigenvalue weighted by atomic mass is 35.5. The molecule has 0 bridgehead atoms. The van der Waals surface area contributed by atoms with Crippen molar-refractivity contribution in [3.63, 3.8) is 0 Å². The second-order valence-electron chi connectivity index (χ2n) is 3.02. The van der Waals surface area contributed by atoms with Crippen molar-refractivity contribution in [2.45, 2.75) is 6.92 Å². The number of hydrogen-bond acceptors (Lipinski definition) is 1. The topological polar surface area (TPSA) is 9.23 Å². The van der Waals surface area contributed by atoms with Crippen LogP contribution >= 0.6 is 11.6 Å². The minimum Gasteiger partial charge on any atom is -0.493 e. The van der Waals surface area contributed by atoms with Crippen LogP contribution in [0.15, 0.2) is 36.4 Å². The Kier molecular flexibility index (Phi) is 2.60. The average molecular weight is 207 g/mol. The number of fused-ring (bicyclic) bond motifs is 1. The minimum atomic E-state index is 0.672. The predicted octanol–water partition coefficient (Wildman–Crippen LogP) is 3.89. The summed E-state index contributed by atoms with van der Waals surface area (Å²) < 4.78 is 5.52. The molecular formula is C12H11ClO. The molecule has 0 spiro atoms. The van der Waals surface area contributed by atoms with Crippen LogP contribution in [-0.2, 0) is 0 Å². The molecule has 0 saturated carbocycles. The predicted molar refractivity (Wildman–Crippen MR) is 60.1 cm³/mol. The van der Waals surface area contributed by atoms with Crippen molar-refractivity contribution < 1.29 is 4.74 Å². The molecular weight excluding hydrogens is 196 g/mol. The number of halogens is 1. The maximum Gasteiger partial charge on any atom is 0.127 e. The van der Waals surface area contributed by atoms with Gasteiger partial charge in [0.1, 0.15) is 5.75 Å². The van der Waals surface area contributed by atoms with E-state index in [1.54, 1.807) is 0 Å². The van der Waals surface area contributed by atoms with Gasteiger partial charge in [-0.25, -0.2) is 0 Å². The van der Waals surface area contributed by atoms with Crippen molar-refractivity contribution in [1.29, 1.82) is 0 Å². The lowest BCUT2D eigenvalue weighted by Gasteiger charge is -2.07. The first-order valence-electron chi connectivity index (χ1n) is 4.63. The Bertz CT molecular complexity index is 451. The first-order valence-corrected chi connectivity index (χ1v) is 5.00. The summed E-state index contributed by atoms with van der Waals surface area (Å²) in [6.45, 7) is 2.65. The Hall–Kier alpha value is -1.21. The van der Waals surface area contributed by atoms with Crippen molar-refractivity contribution >= 4 is 22.4 Å². The molecule has 0 radical (unpaired) electrons. The maximum atomic E-state index is 6.07. The lowest BCUT2D eigenvalue weighted by Crippen LogP contribution is -1.91. The van der Waals surface area contributed by atoms with Crippen LogP contribution in [0.5, 0.6) is 5.75 Å². The zero-order valence-corrected chi connectivity index (χ0v) is 8.71. The summed E-state index contributed by atoms with van der Waals surface area (Å²) in [6.07, 6.45) is 0. The zero-order chi connectivity index (χ0) is 9.97. The molecule has 0 aliphatic heterocycles. The fourth-order valence-electron chi connectivity index (χ4n) is 1.52. The van der Waals surface area contributed by atoms with Crippen LogP contribution in [0.2, 0.25) is 5.02 Å². The highest BCUT2D eigenvalue weighted by Gasteiger charge is 2.02. The molecule has 0 fully saturated rings. The second kappa shape index (κ2) is 3.89. The molecule has 0 aliphatic rings. The summed E-state index contributed by atoms with van der Waals surface area (Å²) in [5.74, 6) is 0.896. The van der Waals surface area contributed by atoms with Gasteiger partial charge in [-0.15, -0.1) is 0 Å². The van der Waals surface area contributed by atoms with Crippen LogP contribution in [0, 0.1) is 0 Å². The van der Waals surface area contributed by atoms with Crippen LogP contribution in [0.4, 0.5) is 0 Å². The Balaban J connectivity index is 2.68. The van der Waals surface area contributed by atoms with E-state index in [-0.39, 0.29) is 0 Å². The van der Waals surface area contributed by atoms with Crippen LogP contribution in [-0.4, -0.2) is 6.61 Å². The van der Waals surface area contributed by atoms with E-state index in [4.69, 9.17) is 16.3 Å². The van der Waals surface area contributed by atoms with E-state index >= 15 is 0 Å². The van der Waals surface area contributed by atoms with Gasteiger partial charge in [-0.2, -0.15) is 0 Å². The van der Waals surface area contributed by atoms with Crippen LogP contribution in [0.1, 0.15) is 6.92 Å². The molecule has 0 aliphatic carbocycles. The van der Waals surface area contributed by atoms with Crippen LogP contribution < -0.4 is 4.74 Å². The first-order chi connectivity index (χ1) is 6.83. The van der Waals surface area contributed by atoms with Crippen LogP contribution in [0.25, 0.3) is 10.8 Å². The smallest absolute Gasteiger partial charge is 0.127 e. The quantitative estimate of drug-likeness (QED) is 0.725. The molecule has 72 valence electrons. The van der Waals surface area contributed by atoms with Crippen molar-refractivity contribution in [1.82, 2.24) is 0 Å². The van der Waals surface area contributed by atoms with Gasteiger partial charge in [-0.3, -0.25) is 0 Å². The average Bonchev–Trinajstić information content (AvgIpc) is 2.20. The lowest BCUT2D eigenvalue weighted by molar-refractivity contribution is 0.344. The van der Waals surface area contributed by atoms with Crippen molar-refractivity contribution in [3.05, 3.63) is 41.4 Å². The van der Waals surface area contributed by atoms with Crippen molar-refractivity contribution in [2.24, 2.45) is 0 Å². The van der Waals surface area contributed by atoms with Gasteiger partial charge in [0.2, 0.25) is 0 Å². The van der Waals surface area contributed by atoms with E-state index in [2.05, 4.69) is 0 Å². The van der Waals surface area contributed by atoms with Gasteiger partial charge in [0.15, 0.2) is 0 Å². The highest BCUT2D eigenvalue weighted by molar-refractivity contribution is 6.35. The summed E-state index contributed by atoms with van der Waals surface area (Å²) >= 11 is 6.07. The molecule has 2 heteroatoms. The molecule has 1 nitrogen and oxygen atoms in total. The number of hydrogen-bond donors (Lipinski definition) is 0. The van der Waals surface area contributed by atoms with Crippen molar-refractivity contribution in [3.8, 4) is 5.75 Å². The largest absolute Gasteiger partial charge is 0.493 e. The molecule has 0 heterocycles. The lowest BCUT2D eigenvalue weighted by atomic mass is 10.1. The second-order valence-corrected chi connectivity index (χ2v) is 3.43. The number of benzene rings is 2. The Morgan fingerprint density at radius 2 is 1.79 bits per heavy atom. The van der Waals surface area contributed by atoms with Gasteiger partial charge in [-0.05, 0) is 19.1 Å². The van der Waals surface area contributed by atoms with Gasteiger partial charge in [0.05, 0.1) is 6.61 Å². The molecule has 0 aromatic heterocycles. The summed E-state index contributed by atoms with van der Waals surface area (Å²) in [5, 5.41) is 2.88. The monoisotopic (exact) mass is 206 g/mol. The molecule has 14 heavy (non-hydrogen) atoms. The van der Waals surface area contributed by atoms with E-state index in [1.165, 1.54) is 0 Å². The summed E-state index contributed by atoms with van der Waals surface area (Å²) in [5.41, 5.74) is 0. The van der Waals surface area contributed by atoms with Gasteiger partial charge in [-0.1, -0.05) is 35.9 Å². The molecule has 2 aromatic carbocycles. The molecule has 0 amide bonds. The Morgan fingerprint density at radius 1 is 1.07 bits per heavy atom. The van der Waals surface area contributed by atoms with E-state index in [0.717, 1.165) is 21.5 Å². The molecule has 2 aromatic rings. The fourth-order valence-corrected chi connectivity index (χ4v) is 1.76. The third-order valence-corrected chi connectivity index (χ3v) is 2.46. The standard InChI is InChI=1S/C12H11ClO/c1-2-14-12-8-4-5-9-10(12)6-3-7-11(9)13/h3-8H,2H2,1H3. The van der Waals surface area contributed by atoms with Crippen LogP contribution in [0.3, 0.4) is 0 Å². The third kappa shape index (κ3) is 1.55. The van der Waals surface area contributed by atoms with E-state index in [1.807, 2.05) is 43.3 Å². The van der Waals surface area contributed by atoms with Gasteiger partial charge >= 0.3 is 0 Å². The summed E-state index contributed by atoms with van der Waals surface area (Å²) in [7, 11) is 0. The molecule has 0 N–H and O–H groups in total. The normalized spacial score (nSPS) is 10.4. The Labute approximate surface area is 88.3 Å². The summed E-state index contributed by atoms with van der Waals surface area (Å²) in [4.78, 5) is 0. The van der Waals surface area contributed by atoms with Gasteiger partial charge < -0.3 is 4.74 Å². The molecule has 0 unspecified atom stereocenters. The molecule has 0 saturated heterocycles. The summed E-state index contributed by atoms with van der Waals surface area (Å²) in [6, 6.07) is 11.8. The van der Waals surface area contributed by atoms with Gasteiger partial charge in [0.25, 0.3) is 0 Å². The molecule has 2 rings (SSSR count). The van der Waals surface area contributed by atoms with E-state index in [0.29, 0.717) is 6.61 Å². The third-order valence-electron chi connectivity index (χ3n) is 2.13. The van der Waals surface area contributed by atoms with E-state index in [9.17, 15) is 0 Å². The van der Waals surface area contributed by atoms with Gasteiger partial charge in [0, 0.05) is 15.8 Å². The fraction of sp³-hybridized carbons (Fsp3) is 0.167. The highest BCUT2D eigenvalue weighted by Crippen LogP contribution is 2.30. The zero-order valence-electron chi connectivity index (χ0n) is 7.96. The number of rotatable bonds is 2. The van der Waals surface area contributed by atoms with E-state index < -0.39 is 0 Å². The van der Waals surface area contributed by atoms with Crippen molar-refractivity contribution in [2.75, 3.05) is 6.61 Å². The molecule has 0 atom stereocenters.